The highest BCUT2D eigenvalue weighted by molar-refractivity contribution is 7.89. The van der Waals surface area contributed by atoms with Gasteiger partial charge in [-0.25, -0.2) is 17.6 Å². The van der Waals surface area contributed by atoms with Gasteiger partial charge in [0.25, 0.3) is 0 Å². The number of rotatable bonds is 7. The number of hydrogen-bond donors (Lipinski definition) is 0. The Hall–Kier alpha value is -2.85. The fourth-order valence-corrected chi connectivity index (χ4v) is 5.53. The first-order valence-electron chi connectivity index (χ1n) is 12.4. The molecule has 1 fully saturated rings. The van der Waals surface area contributed by atoms with Crippen LogP contribution >= 0.6 is 0 Å². The van der Waals surface area contributed by atoms with Gasteiger partial charge in [0.2, 0.25) is 10.0 Å². The fourth-order valence-electron chi connectivity index (χ4n) is 4.29. The Morgan fingerprint density at radius 1 is 1.14 bits per heavy atom. The van der Waals surface area contributed by atoms with Crippen LogP contribution in [0, 0.1) is 11.7 Å². The smallest absolute Gasteiger partial charge is 0.410 e. The summed E-state index contributed by atoms with van der Waals surface area (Å²) in [6.45, 7) is 11.0. The largest absolute Gasteiger partial charge is 0.497 e. The third kappa shape index (κ3) is 6.93. The highest BCUT2D eigenvalue weighted by atomic mass is 32.2. The molecule has 0 N–H and O–H groups in total. The number of piperazine rings is 1. The topological polar surface area (TPSA) is 79.4 Å². The highest BCUT2D eigenvalue weighted by Gasteiger charge is 2.36. The minimum absolute atomic E-state index is 0.0833. The molecule has 0 bridgehead atoms. The second kappa shape index (κ2) is 11.3. The van der Waals surface area contributed by atoms with Crippen LogP contribution < -0.4 is 9.64 Å². The Balaban J connectivity index is 1.82. The zero-order valence-electron chi connectivity index (χ0n) is 22.7. The van der Waals surface area contributed by atoms with E-state index in [0.717, 1.165) is 9.87 Å². The molecular formula is C27H38FN3O5S. The summed E-state index contributed by atoms with van der Waals surface area (Å²) in [6, 6.07) is 11.0. The van der Waals surface area contributed by atoms with Gasteiger partial charge in [0.05, 0.1) is 13.2 Å². The van der Waals surface area contributed by atoms with Gasteiger partial charge in [0.15, 0.2) is 0 Å². The number of carbonyl (C=O) groups excluding carboxylic acids is 1. The van der Waals surface area contributed by atoms with E-state index < -0.39 is 21.4 Å². The maximum Gasteiger partial charge on any atom is 0.410 e. The van der Waals surface area contributed by atoms with E-state index in [-0.39, 0.29) is 29.5 Å². The molecule has 10 heteroatoms. The number of carbonyl (C=O) groups is 1. The van der Waals surface area contributed by atoms with Gasteiger partial charge in [0.1, 0.15) is 22.1 Å². The van der Waals surface area contributed by atoms with E-state index in [9.17, 15) is 17.6 Å². The van der Waals surface area contributed by atoms with Gasteiger partial charge in [-0.1, -0.05) is 26.0 Å². The van der Waals surface area contributed by atoms with Crippen LogP contribution in [0.1, 0.15) is 40.2 Å². The molecule has 0 aliphatic carbocycles. The summed E-state index contributed by atoms with van der Waals surface area (Å²) in [5.74, 6) is -0.00722. The Labute approximate surface area is 220 Å². The van der Waals surface area contributed by atoms with Crippen molar-refractivity contribution in [1.29, 1.82) is 0 Å². The van der Waals surface area contributed by atoms with Crippen LogP contribution in [0.25, 0.3) is 0 Å². The minimum atomic E-state index is -4.10. The number of methoxy groups -OCH3 is 1. The van der Waals surface area contributed by atoms with Crippen LogP contribution in [0.2, 0.25) is 0 Å². The molecule has 37 heavy (non-hydrogen) atoms. The van der Waals surface area contributed by atoms with E-state index in [1.807, 2.05) is 39.5 Å². The Bertz CT molecular complexity index is 1200. The van der Waals surface area contributed by atoms with Crippen molar-refractivity contribution in [2.45, 2.75) is 57.7 Å². The summed E-state index contributed by atoms with van der Waals surface area (Å²) in [5, 5.41) is 0. The average Bonchev–Trinajstić information content (AvgIpc) is 2.83. The maximum atomic E-state index is 14.9. The van der Waals surface area contributed by atoms with E-state index >= 15 is 0 Å². The van der Waals surface area contributed by atoms with Gasteiger partial charge in [-0.05, 0) is 62.6 Å². The lowest BCUT2D eigenvalue weighted by Gasteiger charge is -2.44. The first-order chi connectivity index (χ1) is 17.2. The monoisotopic (exact) mass is 535 g/mol. The molecule has 0 aromatic heterocycles. The summed E-state index contributed by atoms with van der Waals surface area (Å²) in [7, 11) is -1.11. The molecule has 3 rings (SSSR count). The molecular weight excluding hydrogens is 497 g/mol. The lowest BCUT2D eigenvalue weighted by atomic mass is 9.99. The van der Waals surface area contributed by atoms with Crippen LogP contribution in [0.4, 0.5) is 14.9 Å². The van der Waals surface area contributed by atoms with Crippen molar-refractivity contribution in [3.63, 3.8) is 0 Å². The van der Waals surface area contributed by atoms with Gasteiger partial charge >= 0.3 is 6.09 Å². The summed E-state index contributed by atoms with van der Waals surface area (Å²) in [4.78, 5) is 16.2. The lowest BCUT2D eigenvalue weighted by Crippen LogP contribution is -2.58. The van der Waals surface area contributed by atoms with Crippen molar-refractivity contribution in [2.24, 2.45) is 5.92 Å². The Morgan fingerprint density at radius 2 is 1.78 bits per heavy atom. The van der Waals surface area contributed by atoms with E-state index in [1.54, 1.807) is 42.3 Å². The quantitative estimate of drug-likeness (QED) is 0.510. The predicted octanol–water partition coefficient (Wildman–Crippen LogP) is 4.74. The third-order valence-electron chi connectivity index (χ3n) is 6.35. The number of amides is 1. The number of anilines is 1. The number of ether oxygens (including phenoxy) is 2. The van der Waals surface area contributed by atoms with Gasteiger partial charge < -0.3 is 19.3 Å². The molecule has 0 spiro atoms. The SMILES string of the molecule is COc1ccc(CN(C)S(=O)(=O)c2cc(N3CCN(C(=O)OC(C)(C)C)[C@H](C(C)C)C3)ccc2F)cc1. The first-order valence-corrected chi connectivity index (χ1v) is 13.8. The van der Waals surface area contributed by atoms with Crippen LogP contribution in [0.15, 0.2) is 47.4 Å². The van der Waals surface area contributed by atoms with E-state index in [2.05, 4.69) is 0 Å². The average molecular weight is 536 g/mol. The summed E-state index contributed by atoms with van der Waals surface area (Å²) < 4.78 is 53.4. The van der Waals surface area contributed by atoms with Gasteiger partial charge in [-0.2, -0.15) is 4.31 Å². The van der Waals surface area contributed by atoms with Crippen molar-refractivity contribution in [3.05, 3.63) is 53.8 Å². The molecule has 1 amide bonds. The normalized spacial score (nSPS) is 16.9. The number of halogens is 1. The van der Waals surface area contributed by atoms with Crippen LogP contribution in [0.3, 0.4) is 0 Å². The van der Waals surface area contributed by atoms with Crippen molar-refractivity contribution in [1.82, 2.24) is 9.21 Å². The molecule has 2 aromatic rings. The van der Waals surface area contributed by atoms with Crippen molar-refractivity contribution in [2.75, 3.05) is 38.7 Å². The zero-order chi connectivity index (χ0) is 27.5. The number of sulfonamides is 1. The number of nitrogens with zero attached hydrogens (tertiary/aromatic N) is 3. The molecule has 1 saturated heterocycles. The molecule has 1 atom stereocenters. The second-order valence-electron chi connectivity index (χ2n) is 10.7. The van der Waals surface area contributed by atoms with Crippen molar-refractivity contribution >= 4 is 21.8 Å². The van der Waals surface area contributed by atoms with Crippen molar-refractivity contribution in [3.8, 4) is 5.75 Å². The molecule has 0 saturated carbocycles. The highest BCUT2D eigenvalue weighted by Crippen LogP contribution is 2.29. The molecule has 8 nitrogen and oxygen atoms in total. The van der Waals surface area contributed by atoms with E-state index in [0.29, 0.717) is 31.1 Å². The van der Waals surface area contributed by atoms with Crippen molar-refractivity contribution < 1.29 is 27.1 Å². The number of hydrogen-bond acceptors (Lipinski definition) is 6. The summed E-state index contributed by atoms with van der Waals surface area (Å²) >= 11 is 0. The number of benzene rings is 2. The Morgan fingerprint density at radius 3 is 2.35 bits per heavy atom. The second-order valence-corrected chi connectivity index (χ2v) is 12.7. The standard InChI is InChI=1S/C27H38FN3O5S/c1-19(2)24-18-30(14-15-31(24)26(32)36-27(3,4)5)21-10-13-23(28)25(16-21)37(33,34)29(6)17-20-8-11-22(35-7)12-9-20/h8-13,16,19,24H,14-15,17-18H2,1-7H3/t24-/m0/s1. The maximum absolute atomic E-state index is 14.9. The van der Waals surface area contributed by atoms with E-state index in [4.69, 9.17) is 9.47 Å². The van der Waals surface area contributed by atoms with Gasteiger partial charge in [-0.15, -0.1) is 0 Å². The van der Waals surface area contributed by atoms with Gasteiger partial charge in [-0.3, -0.25) is 0 Å². The molecule has 1 heterocycles. The lowest BCUT2D eigenvalue weighted by molar-refractivity contribution is 0.00883. The van der Waals surface area contributed by atoms with E-state index in [1.165, 1.54) is 19.2 Å². The molecule has 0 unspecified atom stereocenters. The summed E-state index contributed by atoms with van der Waals surface area (Å²) in [5.41, 5.74) is 0.738. The molecule has 1 aliphatic heterocycles. The molecule has 1 aliphatic rings. The molecule has 2 aromatic carbocycles. The van der Waals surface area contributed by atoms with Crippen LogP contribution in [0.5, 0.6) is 5.75 Å². The minimum Gasteiger partial charge on any atom is -0.497 e. The fraction of sp³-hybridized carbons (Fsp3) is 0.519. The Kier molecular flexibility index (Phi) is 8.74. The third-order valence-corrected chi connectivity index (χ3v) is 8.17. The first kappa shape index (κ1) is 28.7. The van der Waals surface area contributed by atoms with Crippen LogP contribution in [-0.2, 0) is 21.3 Å². The molecule has 0 radical (unpaired) electrons. The van der Waals surface area contributed by atoms with Gasteiger partial charge in [0, 0.05) is 38.9 Å². The predicted molar refractivity (Wildman–Crippen MR) is 142 cm³/mol. The zero-order valence-corrected chi connectivity index (χ0v) is 23.5. The van der Waals surface area contributed by atoms with Crippen LogP contribution in [-0.4, -0.2) is 69.2 Å². The molecule has 204 valence electrons. The summed E-state index contributed by atoms with van der Waals surface area (Å²) in [6.07, 6.45) is -0.367.